The molecule has 0 rings (SSSR count). The molecule has 0 saturated carbocycles. The Bertz CT molecular complexity index is 306. The number of allylic oxidation sites excluding steroid dienone is 4. The van der Waals surface area contributed by atoms with Crippen LogP contribution in [-0.4, -0.2) is 21.9 Å². The van der Waals surface area contributed by atoms with E-state index in [2.05, 4.69) is 26.2 Å². The summed E-state index contributed by atoms with van der Waals surface area (Å²) in [5.74, 6) is 0. The Labute approximate surface area is 125 Å². The molecule has 0 fully saturated rings. The van der Waals surface area contributed by atoms with Crippen LogP contribution in [0.1, 0.15) is 53.4 Å². The van der Waals surface area contributed by atoms with E-state index in [-0.39, 0.29) is 6.10 Å². The van der Waals surface area contributed by atoms with E-state index in [0.717, 1.165) is 19.3 Å². The largest absolute Gasteiger partial charge is 0.390 e. The average Bonchev–Trinajstić information content (AvgIpc) is 2.37. The lowest BCUT2D eigenvalue weighted by atomic mass is 10.0. The van der Waals surface area contributed by atoms with Crippen LogP contribution in [0.15, 0.2) is 49.1 Å². The highest BCUT2D eigenvalue weighted by atomic mass is 16.3. The van der Waals surface area contributed by atoms with Crippen LogP contribution in [0.25, 0.3) is 0 Å². The third-order valence-corrected chi connectivity index (χ3v) is 2.60. The van der Waals surface area contributed by atoms with Gasteiger partial charge in [0.1, 0.15) is 0 Å². The molecule has 0 amide bonds. The maximum absolute atomic E-state index is 9.35. The van der Waals surface area contributed by atoms with Gasteiger partial charge < -0.3 is 10.2 Å². The minimum Gasteiger partial charge on any atom is -0.390 e. The Balaban J connectivity index is 0. The highest BCUT2D eigenvalue weighted by molar-refractivity contribution is 5.12. The Hall–Kier alpha value is -1.12. The Morgan fingerprint density at radius 2 is 1.85 bits per heavy atom. The lowest BCUT2D eigenvalue weighted by Gasteiger charge is -2.14. The maximum atomic E-state index is 9.35. The highest BCUT2D eigenvalue weighted by Gasteiger charge is 2.09. The number of hydrogen-bond donors (Lipinski definition) is 2. The fourth-order valence-corrected chi connectivity index (χ4v) is 1.23. The SMILES string of the molecule is C=CC(C)=CCCC(C)(C)O.C=CC(O)CC=CCC. The summed E-state index contributed by atoms with van der Waals surface area (Å²) in [4.78, 5) is 0. The number of aliphatic hydroxyl groups is 2. The van der Waals surface area contributed by atoms with Gasteiger partial charge in [0.25, 0.3) is 0 Å². The molecule has 0 aromatic rings. The van der Waals surface area contributed by atoms with Crippen LogP contribution in [0, 0.1) is 0 Å². The second-order valence-corrected chi connectivity index (χ2v) is 5.42. The molecule has 0 bridgehead atoms. The monoisotopic (exact) mass is 280 g/mol. The van der Waals surface area contributed by atoms with E-state index in [1.165, 1.54) is 5.57 Å². The van der Waals surface area contributed by atoms with Crippen LogP contribution >= 0.6 is 0 Å². The van der Waals surface area contributed by atoms with Crippen molar-refractivity contribution in [3.05, 3.63) is 49.1 Å². The fourth-order valence-electron chi connectivity index (χ4n) is 1.23. The summed E-state index contributed by atoms with van der Waals surface area (Å²) in [6.07, 6.45) is 12.5. The van der Waals surface area contributed by atoms with E-state index in [4.69, 9.17) is 5.11 Å². The fraction of sp³-hybridized carbons (Fsp3) is 0.556. The topological polar surface area (TPSA) is 40.5 Å². The quantitative estimate of drug-likeness (QED) is 0.505. The third-order valence-electron chi connectivity index (χ3n) is 2.60. The van der Waals surface area contributed by atoms with E-state index >= 15 is 0 Å². The van der Waals surface area contributed by atoms with Gasteiger partial charge in [-0.15, -0.1) is 6.58 Å². The molecule has 2 heteroatoms. The summed E-state index contributed by atoms with van der Waals surface area (Å²) in [6, 6.07) is 0. The molecule has 0 spiro atoms. The molecule has 0 aliphatic heterocycles. The first kappa shape index (κ1) is 21.2. The Morgan fingerprint density at radius 1 is 1.25 bits per heavy atom. The van der Waals surface area contributed by atoms with E-state index in [9.17, 15) is 5.11 Å². The van der Waals surface area contributed by atoms with Gasteiger partial charge in [-0.2, -0.15) is 0 Å². The molecular formula is C18H32O2. The summed E-state index contributed by atoms with van der Waals surface area (Å²) in [5.41, 5.74) is 0.632. The molecule has 0 saturated heterocycles. The van der Waals surface area contributed by atoms with Crippen molar-refractivity contribution in [2.24, 2.45) is 0 Å². The molecule has 20 heavy (non-hydrogen) atoms. The van der Waals surface area contributed by atoms with Gasteiger partial charge in [0, 0.05) is 0 Å². The molecule has 1 atom stereocenters. The Morgan fingerprint density at radius 3 is 2.25 bits per heavy atom. The molecule has 2 N–H and O–H groups in total. The first-order valence-corrected chi connectivity index (χ1v) is 7.24. The van der Waals surface area contributed by atoms with Crippen molar-refractivity contribution in [2.45, 2.75) is 65.1 Å². The molecule has 0 heterocycles. The standard InChI is InChI=1S/C10H18O.C8H14O/c1-5-9(2)7-6-8-10(3,4)11;1-3-5-6-7-8(9)4-2/h5,7,11H,1,6,8H2,2-4H3;4-6,8-9H,2-3,7H2,1H3. The molecule has 0 aliphatic carbocycles. The first-order valence-electron chi connectivity index (χ1n) is 7.24. The van der Waals surface area contributed by atoms with Crippen LogP contribution in [0.4, 0.5) is 0 Å². The molecule has 1 unspecified atom stereocenters. The molecule has 0 aromatic carbocycles. The summed E-state index contributed by atoms with van der Waals surface area (Å²) in [5, 5.41) is 18.3. The van der Waals surface area contributed by atoms with Crippen molar-refractivity contribution in [3.8, 4) is 0 Å². The zero-order valence-corrected chi connectivity index (χ0v) is 13.6. The van der Waals surface area contributed by atoms with Crippen molar-refractivity contribution in [1.82, 2.24) is 0 Å². The van der Waals surface area contributed by atoms with Gasteiger partial charge in [0.05, 0.1) is 11.7 Å². The molecule has 0 aliphatic rings. The molecule has 0 aromatic heterocycles. The molecule has 116 valence electrons. The van der Waals surface area contributed by atoms with Gasteiger partial charge in [-0.3, -0.25) is 0 Å². The molecule has 0 radical (unpaired) electrons. The van der Waals surface area contributed by atoms with Crippen LogP contribution in [0.5, 0.6) is 0 Å². The molecular weight excluding hydrogens is 248 g/mol. The lowest BCUT2D eigenvalue weighted by Crippen LogP contribution is -2.17. The van der Waals surface area contributed by atoms with Crippen molar-refractivity contribution >= 4 is 0 Å². The van der Waals surface area contributed by atoms with E-state index in [1.807, 2.05) is 39.0 Å². The van der Waals surface area contributed by atoms with Gasteiger partial charge in [-0.1, -0.05) is 49.5 Å². The van der Waals surface area contributed by atoms with E-state index in [0.29, 0.717) is 6.42 Å². The normalized spacial score (nSPS) is 13.6. The Kier molecular flexibility index (Phi) is 13.7. The van der Waals surface area contributed by atoms with Crippen LogP contribution in [0.2, 0.25) is 0 Å². The smallest absolute Gasteiger partial charge is 0.0752 e. The second-order valence-electron chi connectivity index (χ2n) is 5.42. The van der Waals surface area contributed by atoms with Crippen molar-refractivity contribution in [2.75, 3.05) is 0 Å². The van der Waals surface area contributed by atoms with Gasteiger partial charge >= 0.3 is 0 Å². The highest BCUT2D eigenvalue weighted by Crippen LogP contribution is 2.11. The number of aliphatic hydroxyl groups excluding tert-OH is 1. The minimum atomic E-state index is -0.544. The first-order chi connectivity index (χ1) is 9.26. The maximum Gasteiger partial charge on any atom is 0.0752 e. The van der Waals surface area contributed by atoms with Crippen LogP contribution in [0.3, 0.4) is 0 Å². The number of hydrogen-bond acceptors (Lipinski definition) is 2. The van der Waals surface area contributed by atoms with Gasteiger partial charge in [0.2, 0.25) is 0 Å². The predicted molar refractivity (Wildman–Crippen MR) is 89.7 cm³/mol. The zero-order valence-electron chi connectivity index (χ0n) is 13.6. The zero-order chi connectivity index (χ0) is 16.0. The lowest BCUT2D eigenvalue weighted by molar-refractivity contribution is 0.0721. The minimum absolute atomic E-state index is 0.368. The van der Waals surface area contributed by atoms with Gasteiger partial charge in [-0.25, -0.2) is 0 Å². The van der Waals surface area contributed by atoms with Crippen LogP contribution < -0.4 is 0 Å². The van der Waals surface area contributed by atoms with Gasteiger partial charge in [-0.05, 0) is 46.5 Å². The predicted octanol–water partition coefficient (Wildman–Crippen LogP) is 4.56. The van der Waals surface area contributed by atoms with Crippen molar-refractivity contribution < 1.29 is 10.2 Å². The summed E-state index contributed by atoms with van der Waals surface area (Å²) in [6.45, 7) is 14.8. The van der Waals surface area contributed by atoms with Gasteiger partial charge in [0.15, 0.2) is 0 Å². The van der Waals surface area contributed by atoms with Crippen LogP contribution in [-0.2, 0) is 0 Å². The second kappa shape index (κ2) is 12.9. The summed E-state index contributed by atoms with van der Waals surface area (Å²) >= 11 is 0. The number of rotatable bonds is 8. The molecule has 2 nitrogen and oxygen atoms in total. The van der Waals surface area contributed by atoms with Crippen molar-refractivity contribution in [3.63, 3.8) is 0 Å². The summed E-state index contributed by atoms with van der Waals surface area (Å²) in [7, 11) is 0. The van der Waals surface area contributed by atoms with E-state index in [1.54, 1.807) is 6.08 Å². The average molecular weight is 280 g/mol. The van der Waals surface area contributed by atoms with E-state index < -0.39 is 5.60 Å². The summed E-state index contributed by atoms with van der Waals surface area (Å²) < 4.78 is 0. The van der Waals surface area contributed by atoms with Crippen molar-refractivity contribution in [1.29, 1.82) is 0 Å². The third kappa shape index (κ3) is 19.2.